The Balaban J connectivity index is 2.35. The van der Waals surface area contributed by atoms with Crippen LogP contribution >= 0.6 is 12.2 Å². The summed E-state index contributed by atoms with van der Waals surface area (Å²) in [5.74, 6) is 0.806. The van der Waals surface area contributed by atoms with Gasteiger partial charge in [-0.05, 0) is 24.3 Å². The maximum atomic E-state index is 5.62. The smallest absolute Gasteiger partial charge is 0.123 e. The van der Waals surface area contributed by atoms with Gasteiger partial charge in [0.05, 0.1) is 13.7 Å². The molecule has 0 saturated carbocycles. The molecule has 5 heteroatoms. The molecule has 0 saturated heterocycles. The van der Waals surface area contributed by atoms with Crippen molar-refractivity contribution in [2.45, 2.75) is 6.54 Å². The van der Waals surface area contributed by atoms with Crippen molar-refractivity contribution in [2.24, 2.45) is 5.73 Å². The summed E-state index contributed by atoms with van der Waals surface area (Å²) in [5.41, 5.74) is 7.45. The van der Waals surface area contributed by atoms with Gasteiger partial charge in [-0.2, -0.15) is 5.10 Å². The summed E-state index contributed by atoms with van der Waals surface area (Å²) in [5, 5.41) is 4.16. The Bertz CT molecular complexity index is 523. The Kier molecular flexibility index (Phi) is 3.39. The van der Waals surface area contributed by atoms with Crippen LogP contribution in [0.2, 0.25) is 0 Å². The van der Waals surface area contributed by atoms with E-state index in [0.29, 0.717) is 11.5 Å². The number of hydrogen-bond acceptors (Lipinski definition) is 3. The zero-order valence-corrected chi connectivity index (χ0v) is 10.3. The largest absolute Gasteiger partial charge is 0.496 e. The quantitative estimate of drug-likeness (QED) is 0.833. The summed E-state index contributed by atoms with van der Waals surface area (Å²) in [6.07, 6.45) is 3.64. The molecule has 2 aromatic rings. The van der Waals surface area contributed by atoms with Crippen molar-refractivity contribution < 1.29 is 4.74 Å². The molecule has 2 rings (SSSR count). The second kappa shape index (κ2) is 4.97. The van der Waals surface area contributed by atoms with Gasteiger partial charge in [0, 0.05) is 23.5 Å². The molecule has 17 heavy (non-hydrogen) atoms. The van der Waals surface area contributed by atoms with Crippen LogP contribution in [0.25, 0.3) is 0 Å². The van der Waals surface area contributed by atoms with Crippen molar-refractivity contribution in [3.63, 3.8) is 0 Å². The van der Waals surface area contributed by atoms with Crippen molar-refractivity contribution in [3.8, 4) is 5.75 Å². The fraction of sp³-hybridized carbons (Fsp3) is 0.167. The molecule has 1 heterocycles. The molecule has 0 aliphatic carbocycles. The number of benzene rings is 1. The Labute approximate surface area is 105 Å². The van der Waals surface area contributed by atoms with Crippen molar-refractivity contribution in [1.82, 2.24) is 9.78 Å². The number of aromatic nitrogens is 2. The third kappa shape index (κ3) is 2.62. The van der Waals surface area contributed by atoms with E-state index in [-0.39, 0.29) is 0 Å². The molecule has 0 spiro atoms. The van der Waals surface area contributed by atoms with Crippen LogP contribution in [-0.4, -0.2) is 21.9 Å². The molecule has 2 N–H and O–H groups in total. The minimum Gasteiger partial charge on any atom is -0.496 e. The van der Waals surface area contributed by atoms with Crippen molar-refractivity contribution in [2.75, 3.05) is 7.11 Å². The van der Waals surface area contributed by atoms with Crippen LogP contribution in [0.5, 0.6) is 5.75 Å². The monoisotopic (exact) mass is 247 g/mol. The third-order valence-corrected chi connectivity index (χ3v) is 2.69. The first kappa shape index (κ1) is 11.6. The summed E-state index contributed by atoms with van der Waals surface area (Å²) in [4.78, 5) is 0.384. The first-order chi connectivity index (χ1) is 8.20. The molecule has 0 bridgehead atoms. The van der Waals surface area contributed by atoms with E-state index in [1.807, 2.05) is 35.1 Å². The standard InChI is InChI=1S/C12H13N3OS/c1-16-11-4-3-9(12(13)17)7-10(11)8-15-6-2-5-14-15/h2-7H,8H2,1H3,(H2,13,17). The number of thiocarbonyl (C=S) groups is 1. The lowest BCUT2D eigenvalue weighted by Gasteiger charge is -2.10. The lowest BCUT2D eigenvalue weighted by molar-refractivity contribution is 0.407. The minimum absolute atomic E-state index is 0.384. The van der Waals surface area contributed by atoms with Gasteiger partial charge >= 0.3 is 0 Å². The molecule has 0 aliphatic rings. The number of rotatable bonds is 4. The van der Waals surface area contributed by atoms with Gasteiger partial charge in [-0.15, -0.1) is 0 Å². The molecule has 4 nitrogen and oxygen atoms in total. The zero-order valence-electron chi connectivity index (χ0n) is 9.46. The van der Waals surface area contributed by atoms with E-state index in [2.05, 4.69) is 5.10 Å². The van der Waals surface area contributed by atoms with E-state index >= 15 is 0 Å². The molecule has 0 unspecified atom stereocenters. The maximum absolute atomic E-state index is 5.62. The van der Waals surface area contributed by atoms with Gasteiger partial charge in [0.25, 0.3) is 0 Å². The van der Waals surface area contributed by atoms with Crippen LogP contribution in [0.1, 0.15) is 11.1 Å². The molecule has 0 aliphatic heterocycles. The highest BCUT2D eigenvalue weighted by Crippen LogP contribution is 2.20. The normalized spacial score (nSPS) is 10.2. The van der Waals surface area contributed by atoms with Gasteiger partial charge in [-0.1, -0.05) is 12.2 Å². The number of methoxy groups -OCH3 is 1. The Hall–Kier alpha value is -1.88. The SMILES string of the molecule is COc1ccc(C(N)=S)cc1Cn1cccn1. The van der Waals surface area contributed by atoms with E-state index in [1.165, 1.54) is 0 Å². The van der Waals surface area contributed by atoms with Gasteiger partial charge in [0.15, 0.2) is 0 Å². The molecule has 0 radical (unpaired) electrons. The molecular formula is C12H13N3OS. The van der Waals surface area contributed by atoms with Gasteiger partial charge in [0.2, 0.25) is 0 Å². The highest BCUT2D eigenvalue weighted by Gasteiger charge is 2.06. The second-order valence-corrected chi connectivity index (χ2v) is 4.03. The topological polar surface area (TPSA) is 53.1 Å². The highest BCUT2D eigenvalue weighted by atomic mass is 32.1. The summed E-state index contributed by atoms with van der Waals surface area (Å²) >= 11 is 4.96. The minimum atomic E-state index is 0.384. The predicted molar refractivity (Wildman–Crippen MR) is 70.2 cm³/mol. The Morgan fingerprint density at radius 1 is 1.53 bits per heavy atom. The zero-order chi connectivity index (χ0) is 12.3. The van der Waals surface area contributed by atoms with Crippen molar-refractivity contribution in [3.05, 3.63) is 47.8 Å². The van der Waals surface area contributed by atoms with Crippen LogP contribution < -0.4 is 10.5 Å². The van der Waals surface area contributed by atoms with Crippen LogP contribution in [-0.2, 0) is 6.54 Å². The van der Waals surface area contributed by atoms with Gasteiger partial charge in [-0.3, -0.25) is 4.68 Å². The fourth-order valence-electron chi connectivity index (χ4n) is 1.62. The van der Waals surface area contributed by atoms with Crippen molar-refractivity contribution >= 4 is 17.2 Å². The predicted octanol–water partition coefficient (Wildman–Crippen LogP) is 1.57. The first-order valence-electron chi connectivity index (χ1n) is 5.15. The van der Waals surface area contributed by atoms with E-state index in [1.54, 1.807) is 13.3 Å². The first-order valence-corrected chi connectivity index (χ1v) is 5.55. The molecule has 0 atom stereocenters. The fourth-order valence-corrected chi connectivity index (χ4v) is 1.75. The summed E-state index contributed by atoms with van der Waals surface area (Å²) in [7, 11) is 1.64. The third-order valence-electron chi connectivity index (χ3n) is 2.46. The van der Waals surface area contributed by atoms with Crippen LogP contribution in [0.4, 0.5) is 0 Å². The highest BCUT2D eigenvalue weighted by molar-refractivity contribution is 7.80. The average molecular weight is 247 g/mol. The summed E-state index contributed by atoms with van der Waals surface area (Å²) < 4.78 is 7.12. The summed E-state index contributed by atoms with van der Waals surface area (Å²) in [6.45, 7) is 0.632. The second-order valence-electron chi connectivity index (χ2n) is 3.59. The van der Waals surface area contributed by atoms with E-state index < -0.39 is 0 Å². The average Bonchev–Trinajstić information content (AvgIpc) is 2.81. The molecular weight excluding hydrogens is 234 g/mol. The lowest BCUT2D eigenvalue weighted by atomic mass is 10.1. The van der Waals surface area contributed by atoms with Crippen LogP contribution in [0, 0.1) is 0 Å². The van der Waals surface area contributed by atoms with Gasteiger partial charge < -0.3 is 10.5 Å². The van der Waals surface area contributed by atoms with Gasteiger partial charge in [0.1, 0.15) is 10.7 Å². The van der Waals surface area contributed by atoms with E-state index in [9.17, 15) is 0 Å². The van der Waals surface area contributed by atoms with Crippen LogP contribution in [0.15, 0.2) is 36.7 Å². The number of nitrogens with two attached hydrogens (primary N) is 1. The van der Waals surface area contributed by atoms with Crippen molar-refractivity contribution in [1.29, 1.82) is 0 Å². The molecule has 0 fully saturated rings. The van der Waals surface area contributed by atoms with Gasteiger partial charge in [-0.25, -0.2) is 0 Å². The Morgan fingerprint density at radius 3 is 2.94 bits per heavy atom. The van der Waals surface area contributed by atoms with E-state index in [4.69, 9.17) is 22.7 Å². The molecule has 88 valence electrons. The maximum Gasteiger partial charge on any atom is 0.123 e. The van der Waals surface area contributed by atoms with Crippen LogP contribution in [0.3, 0.4) is 0 Å². The molecule has 1 aromatic heterocycles. The number of hydrogen-bond donors (Lipinski definition) is 1. The Morgan fingerprint density at radius 2 is 2.35 bits per heavy atom. The molecule has 0 amide bonds. The number of nitrogens with zero attached hydrogens (tertiary/aromatic N) is 2. The number of ether oxygens (including phenoxy) is 1. The van der Waals surface area contributed by atoms with E-state index in [0.717, 1.165) is 16.9 Å². The molecule has 1 aromatic carbocycles. The lowest BCUT2D eigenvalue weighted by Crippen LogP contribution is -2.11. The summed E-state index contributed by atoms with van der Waals surface area (Å²) in [6, 6.07) is 7.54.